The molecule has 4 N–H and O–H groups in total. The van der Waals surface area contributed by atoms with E-state index in [0.717, 1.165) is 5.56 Å². The summed E-state index contributed by atoms with van der Waals surface area (Å²) in [5.74, 6) is 0.182. The number of nitrogen functional groups attached to an aromatic ring is 1. The number of hydrogen-bond acceptors (Lipinski definition) is 4. The number of hydrogen-bond donors (Lipinski definition) is 3. The molecule has 1 amide bonds. The van der Waals surface area contributed by atoms with Gasteiger partial charge in [-0.25, -0.2) is 13.1 Å². The second-order valence-electron chi connectivity index (χ2n) is 5.39. The lowest BCUT2D eigenvalue weighted by Gasteiger charge is -2.10. The van der Waals surface area contributed by atoms with E-state index in [0.29, 0.717) is 12.5 Å². The zero-order valence-corrected chi connectivity index (χ0v) is 13.5. The van der Waals surface area contributed by atoms with Crippen LogP contribution in [0, 0.1) is 12.8 Å². The summed E-state index contributed by atoms with van der Waals surface area (Å²) in [5.41, 5.74) is 6.81. The van der Waals surface area contributed by atoms with Gasteiger partial charge in [0.25, 0.3) is 0 Å². The molecule has 0 saturated carbocycles. The van der Waals surface area contributed by atoms with Crippen LogP contribution in [0.25, 0.3) is 0 Å². The number of carbonyl (C=O) groups is 1. The van der Waals surface area contributed by atoms with Crippen molar-refractivity contribution in [2.24, 2.45) is 5.92 Å². The van der Waals surface area contributed by atoms with Crippen LogP contribution in [0.2, 0.25) is 0 Å². The van der Waals surface area contributed by atoms with Crippen LogP contribution in [0.15, 0.2) is 23.1 Å². The number of amides is 1. The molecule has 0 atom stereocenters. The minimum Gasteiger partial charge on any atom is -0.398 e. The van der Waals surface area contributed by atoms with E-state index >= 15 is 0 Å². The largest absolute Gasteiger partial charge is 0.398 e. The molecule has 0 aliphatic rings. The second kappa shape index (κ2) is 7.42. The molecular weight excluding hydrogens is 290 g/mol. The summed E-state index contributed by atoms with van der Waals surface area (Å²) in [7, 11) is -3.69. The number of aryl methyl sites for hydroxylation is 1. The normalized spacial score (nSPS) is 11.6. The van der Waals surface area contributed by atoms with Crippen molar-refractivity contribution in [1.82, 2.24) is 10.0 Å². The standard InChI is InChI=1S/C14H23N3O3S/c1-10(2)9-16-14(18)6-7-17-21(19,20)13-5-4-11(3)8-12(13)15/h4-5,8,10,17H,6-7,9,15H2,1-3H3,(H,16,18). The predicted molar refractivity (Wildman–Crippen MR) is 83.2 cm³/mol. The SMILES string of the molecule is Cc1ccc(S(=O)(=O)NCCC(=O)NCC(C)C)c(N)c1. The van der Waals surface area contributed by atoms with Crippen molar-refractivity contribution in [2.75, 3.05) is 18.8 Å². The van der Waals surface area contributed by atoms with E-state index in [9.17, 15) is 13.2 Å². The zero-order valence-electron chi connectivity index (χ0n) is 12.6. The molecule has 0 saturated heterocycles. The monoisotopic (exact) mass is 313 g/mol. The lowest BCUT2D eigenvalue weighted by Crippen LogP contribution is -2.32. The molecule has 118 valence electrons. The van der Waals surface area contributed by atoms with Crippen LogP contribution < -0.4 is 15.8 Å². The number of carbonyl (C=O) groups excluding carboxylic acids is 1. The van der Waals surface area contributed by atoms with Crippen molar-refractivity contribution in [3.8, 4) is 0 Å². The molecule has 0 heterocycles. The van der Waals surface area contributed by atoms with E-state index < -0.39 is 10.0 Å². The number of anilines is 1. The first-order valence-corrected chi connectivity index (χ1v) is 8.33. The van der Waals surface area contributed by atoms with E-state index in [1.807, 2.05) is 20.8 Å². The topological polar surface area (TPSA) is 101 Å². The molecule has 0 aromatic heterocycles. The van der Waals surface area contributed by atoms with Gasteiger partial charge in [0, 0.05) is 19.5 Å². The van der Waals surface area contributed by atoms with Gasteiger partial charge in [-0.15, -0.1) is 0 Å². The van der Waals surface area contributed by atoms with Gasteiger partial charge >= 0.3 is 0 Å². The van der Waals surface area contributed by atoms with Crippen molar-refractivity contribution >= 4 is 21.6 Å². The lowest BCUT2D eigenvalue weighted by molar-refractivity contribution is -0.121. The maximum Gasteiger partial charge on any atom is 0.242 e. The molecule has 0 aliphatic carbocycles. The summed E-state index contributed by atoms with van der Waals surface area (Å²) in [5, 5.41) is 2.73. The fourth-order valence-electron chi connectivity index (χ4n) is 1.70. The van der Waals surface area contributed by atoms with Crippen LogP contribution in [0.5, 0.6) is 0 Å². The minimum absolute atomic E-state index is 0.0377. The summed E-state index contributed by atoms with van der Waals surface area (Å²) < 4.78 is 26.6. The van der Waals surface area contributed by atoms with Crippen molar-refractivity contribution in [2.45, 2.75) is 32.1 Å². The van der Waals surface area contributed by atoms with Crippen molar-refractivity contribution in [3.63, 3.8) is 0 Å². The van der Waals surface area contributed by atoms with Gasteiger partial charge in [-0.1, -0.05) is 19.9 Å². The highest BCUT2D eigenvalue weighted by Crippen LogP contribution is 2.19. The van der Waals surface area contributed by atoms with Crippen LogP contribution in [0.4, 0.5) is 5.69 Å². The average Bonchev–Trinajstić information content (AvgIpc) is 2.35. The van der Waals surface area contributed by atoms with Gasteiger partial charge in [-0.2, -0.15) is 0 Å². The Balaban J connectivity index is 2.56. The third-order valence-electron chi connectivity index (χ3n) is 2.81. The second-order valence-corrected chi connectivity index (χ2v) is 7.12. The van der Waals surface area contributed by atoms with Crippen LogP contribution in [0.3, 0.4) is 0 Å². The van der Waals surface area contributed by atoms with Gasteiger partial charge in [0.2, 0.25) is 15.9 Å². The molecule has 0 radical (unpaired) electrons. The molecule has 1 aromatic carbocycles. The van der Waals surface area contributed by atoms with Gasteiger partial charge in [0.1, 0.15) is 4.90 Å². The minimum atomic E-state index is -3.69. The van der Waals surface area contributed by atoms with Crippen molar-refractivity contribution < 1.29 is 13.2 Å². The van der Waals surface area contributed by atoms with Crippen LogP contribution in [-0.4, -0.2) is 27.4 Å². The van der Waals surface area contributed by atoms with Gasteiger partial charge in [-0.05, 0) is 30.5 Å². The third-order valence-corrected chi connectivity index (χ3v) is 4.34. The molecule has 0 fully saturated rings. The lowest BCUT2D eigenvalue weighted by atomic mass is 10.2. The smallest absolute Gasteiger partial charge is 0.242 e. The molecule has 21 heavy (non-hydrogen) atoms. The third kappa shape index (κ3) is 5.73. The summed E-state index contributed by atoms with van der Waals surface area (Å²) in [6.07, 6.45) is 0.0950. The highest BCUT2D eigenvalue weighted by Gasteiger charge is 2.17. The first kappa shape index (κ1) is 17.5. The maximum atomic E-state index is 12.1. The number of rotatable bonds is 7. The van der Waals surface area contributed by atoms with E-state index in [-0.39, 0.29) is 29.5 Å². The van der Waals surface area contributed by atoms with E-state index in [1.165, 1.54) is 6.07 Å². The van der Waals surface area contributed by atoms with E-state index in [2.05, 4.69) is 10.0 Å². The van der Waals surface area contributed by atoms with E-state index in [1.54, 1.807) is 12.1 Å². The summed E-state index contributed by atoms with van der Waals surface area (Å²) in [4.78, 5) is 11.5. The summed E-state index contributed by atoms with van der Waals surface area (Å²) in [6, 6.07) is 4.75. The van der Waals surface area contributed by atoms with Crippen LogP contribution >= 0.6 is 0 Å². The number of nitrogens with one attached hydrogen (secondary N) is 2. The quantitative estimate of drug-likeness (QED) is 0.654. The summed E-state index contributed by atoms with van der Waals surface area (Å²) >= 11 is 0. The van der Waals surface area contributed by atoms with Gasteiger partial charge < -0.3 is 11.1 Å². The molecule has 1 aromatic rings. The average molecular weight is 313 g/mol. The highest BCUT2D eigenvalue weighted by molar-refractivity contribution is 7.89. The van der Waals surface area contributed by atoms with Gasteiger partial charge in [0.15, 0.2) is 0 Å². The van der Waals surface area contributed by atoms with Crippen LogP contribution in [0.1, 0.15) is 25.8 Å². The van der Waals surface area contributed by atoms with Crippen LogP contribution in [-0.2, 0) is 14.8 Å². The Morgan fingerprint density at radius 2 is 2.00 bits per heavy atom. The Labute approximate surface area is 126 Å². The summed E-state index contributed by atoms with van der Waals surface area (Å²) in [6.45, 7) is 6.43. The van der Waals surface area contributed by atoms with Crippen molar-refractivity contribution in [3.05, 3.63) is 23.8 Å². The Hall–Kier alpha value is -1.60. The van der Waals surface area contributed by atoms with Gasteiger partial charge in [-0.3, -0.25) is 4.79 Å². The fraction of sp³-hybridized carbons (Fsp3) is 0.500. The molecule has 1 rings (SSSR count). The molecule has 7 heteroatoms. The molecule has 0 unspecified atom stereocenters. The molecule has 0 aliphatic heterocycles. The Kier molecular flexibility index (Phi) is 6.17. The predicted octanol–water partition coefficient (Wildman–Crippen LogP) is 1.02. The molecule has 6 nitrogen and oxygen atoms in total. The van der Waals surface area contributed by atoms with Gasteiger partial charge in [0.05, 0.1) is 5.69 Å². The van der Waals surface area contributed by atoms with Crippen molar-refractivity contribution in [1.29, 1.82) is 0 Å². The number of benzene rings is 1. The number of nitrogens with two attached hydrogens (primary N) is 1. The Morgan fingerprint density at radius 3 is 2.57 bits per heavy atom. The Bertz CT molecular complexity index is 597. The zero-order chi connectivity index (χ0) is 16.0. The maximum absolute atomic E-state index is 12.1. The molecule has 0 spiro atoms. The molecular formula is C14H23N3O3S. The number of sulfonamides is 1. The fourth-order valence-corrected chi connectivity index (χ4v) is 2.84. The first-order valence-electron chi connectivity index (χ1n) is 6.85. The highest BCUT2D eigenvalue weighted by atomic mass is 32.2. The molecule has 0 bridgehead atoms. The Morgan fingerprint density at radius 1 is 1.33 bits per heavy atom. The van der Waals surface area contributed by atoms with E-state index in [4.69, 9.17) is 5.73 Å². The first-order chi connectivity index (χ1) is 9.72.